The molecule has 7 heteroatoms. The summed E-state index contributed by atoms with van der Waals surface area (Å²) in [6.45, 7) is 4.39. The molecule has 0 atom stereocenters. The maximum atomic E-state index is 12.5. The second-order valence-corrected chi connectivity index (χ2v) is 6.84. The molecule has 0 fully saturated rings. The first-order valence-corrected chi connectivity index (χ1v) is 8.47. The third-order valence-electron chi connectivity index (χ3n) is 3.60. The summed E-state index contributed by atoms with van der Waals surface area (Å²) in [7, 11) is 3.79. The lowest BCUT2D eigenvalue weighted by molar-refractivity contribution is 0.0941. The molecule has 3 heterocycles. The normalized spacial score (nSPS) is 10.8. The molecule has 3 rings (SSSR count). The topological polar surface area (TPSA) is 71.0 Å². The van der Waals surface area contributed by atoms with Gasteiger partial charge < -0.3 is 10.2 Å². The fourth-order valence-electron chi connectivity index (χ4n) is 2.54. The third-order valence-corrected chi connectivity index (χ3v) is 4.48. The van der Waals surface area contributed by atoms with Gasteiger partial charge in [0.2, 0.25) is 5.82 Å². The molecule has 0 saturated heterocycles. The molecule has 24 heavy (non-hydrogen) atoms. The Morgan fingerprint density at radius 1 is 1.25 bits per heavy atom. The van der Waals surface area contributed by atoms with Gasteiger partial charge >= 0.3 is 0 Å². The summed E-state index contributed by atoms with van der Waals surface area (Å²) in [5.74, 6) is 0.542. The van der Waals surface area contributed by atoms with Gasteiger partial charge in [0.15, 0.2) is 5.65 Å². The predicted octanol–water partition coefficient (Wildman–Crippen LogP) is 2.70. The van der Waals surface area contributed by atoms with Gasteiger partial charge in [-0.2, -0.15) is 0 Å². The lowest BCUT2D eigenvalue weighted by Gasteiger charge is -2.16. The van der Waals surface area contributed by atoms with E-state index in [4.69, 9.17) is 0 Å². The van der Waals surface area contributed by atoms with Crippen molar-refractivity contribution < 1.29 is 4.79 Å². The standard InChI is InChI=1S/C17H19N5OS/c1-10-8-11(2)19-14-13(10)16(22(3)4)21-15(20-14)17(23)18-9-12-6-5-7-24-12/h5-8H,9H2,1-4H3,(H,18,23). The minimum atomic E-state index is -0.297. The number of thiophene rings is 1. The molecular weight excluding hydrogens is 322 g/mol. The van der Waals surface area contributed by atoms with Crippen molar-refractivity contribution in [3.05, 3.63) is 45.5 Å². The third kappa shape index (κ3) is 3.21. The van der Waals surface area contributed by atoms with Crippen molar-refractivity contribution >= 4 is 34.1 Å². The number of pyridine rings is 1. The molecule has 0 aliphatic carbocycles. The molecular formula is C17H19N5OS. The number of aryl methyl sites for hydroxylation is 2. The molecule has 1 amide bonds. The fraction of sp³-hybridized carbons (Fsp3) is 0.294. The summed E-state index contributed by atoms with van der Waals surface area (Å²) in [6.07, 6.45) is 0. The Morgan fingerprint density at radius 2 is 2.04 bits per heavy atom. The number of rotatable bonds is 4. The van der Waals surface area contributed by atoms with Crippen LogP contribution in [0.15, 0.2) is 23.6 Å². The summed E-state index contributed by atoms with van der Waals surface area (Å²) in [6, 6.07) is 5.93. The molecule has 0 unspecified atom stereocenters. The molecule has 0 saturated carbocycles. The lowest BCUT2D eigenvalue weighted by atomic mass is 10.1. The van der Waals surface area contributed by atoms with Gasteiger partial charge in [0.05, 0.1) is 11.9 Å². The van der Waals surface area contributed by atoms with Gasteiger partial charge in [-0.25, -0.2) is 15.0 Å². The van der Waals surface area contributed by atoms with E-state index in [9.17, 15) is 4.79 Å². The molecule has 6 nitrogen and oxygen atoms in total. The Balaban J connectivity index is 2.00. The summed E-state index contributed by atoms with van der Waals surface area (Å²) in [4.78, 5) is 28.7. The number of hydrogen-bond acceptors (Lipinski definition) is 6. The SMILES string of the molecule is Cc1cc(C)c2c(N(C)C)nc(C(=O)NCc3cccs3)nc2n1. The highest BCUT2D eigenvalue weighted by atomic mass is 32.1. The average Bonchev–Trinajstić information content (AvgIpc) is 3.04. The predicted molar refractivity (Wildman–Crippen MR) is 96.6 cm³/mol. The van der Waals surface area contributed by atoms with Crippen LogP contribution in [0.25, 0.3) is 11.0 Å². The highest BCUT2D eigenvalue weighted by molar-refractivity contribution is 7.09. The summed E-state index contributed by atoms with van der Waals surface area (Å²) >= 11 is 1.60. The van der Waals surface area contributed by atoms with Crippen molar-refractivity contribution in [1.82, 2.24) is 20.3 Å². The second kappa shape index (κ2) is 6.52. The van der Waals surface area contributed by atoms with Crippen molar-refractivity contribution in [1.29, 1.82) is 0 Å². The highest BCUT2D eigenvalue weighted by Crippen LogP contribution is 2.25. The van der Waals surface area contributed by atoms with Crippen LogP contribution in [-0.4, -0.2) is 35.0 Å². The van der Waals surface area contributed by atoms with Crippen LogP contribution >= 0.6 is 11.3 Å². The van der Waals surface area contributed by atoms with E-state index in [-0.39, 0.29) is 11.7 Å². The van der Waals surface area contributed by atoms with E-state index in [0.29, 0.717) is 18.0 Å². The Morgan fingerprint density at radius 3 is 2.71 bits per heavy atom. The molecule has 0 spiro atoms. The van der Waals surface area contributed by atoms with Gasteiger partial charge in [-0.1, -0.05) is 6.07 Å². The maximum Gasteiger partial charge on any atom is 0.289 e. The smallest absolute Gasteiger partial charge is 0.289 e. The van der Waals surface area contributed by atoms with Gasteiger partial charge in [0.1, 0.15) is 5.82 Å². The quantitative estimate of drug-likeness (QED) is 0.790. The number of nitrogens with zero attached hydrogens (tertiary/aromatic N) is 4. The van der Waals surface area contributed by atoms with E-state index < -0.39 is 0 Å². The van der Waals surface area contributed by atoms with E-state index >= 15 is 0 Å². The van der Waals surface area contributed by atoms with Crippen molar-refractivity contribution in [3.8, 4) is 0 Å². The van der Waals surface area contributed by atoms with E-state index in [1.165, 1.54) is 0 Å². The van der Waals surface area contributed by atoms with Crippen LogP contribution < -0.4 is 10.2 Å². The molecule has 0 bridgehead atoms. The summed E-state index contributed by atoms with van der Waals surface area (Å²) in [5, 5.41) is 5.72. The largest absolute Gasteiger partial charge is 0.362 e. The number of fused-ring (bicyclic) bond motifs is 1. The zero-order chi connectivity index (χ0) is 17.3. The van der Waals surface area contributed by atoms with E-state index in [0.717, 1.165) is 21.5 Å². The van der Waals surface area contributed by atoms with Crippen LogP contribution in [0.4, 0.5) is 5.82 Å². The highest BCUT2D eigenvalue weighted by Gasteiger charge is 2.17. The second-order valence-electron chi connectivity index (χ2n) is 5.81. The van der Waals surface area contributed by atoms with Gasteiger partial charge in [-0.15, -0.1) is 11.3 Å². The molecule has 3 aromatic rings. The lowest BCUT2D eigenvalue weighted by Crippen LogP contribution is -2.26. The molecule has 3 aromatic heterocycles. The Hall–Kier alpha value is -2.54. The summed E-state index contributed by atoms with van der Waals surface area (Å²) in [5.41, 5.74) is 2.47. The number of hydrogen-bond donors (Lipinski definition) is 1. The van der Waals surface area contributed by atoms with Crippen molar-refractivity contribution in [2.45, 2.75) is 20.4 Å². The average molecular weight is 341 g/mol. The number of anilines is 1. The molecule has 0 aliphatic heterocycles. The van der Waals surface area contributed by atoms with Crippen molar-refractivity contribution in [2.75, 3.05) is 19.0 Å². The molecule has 1 N–H and O–H groups in total. The van der Waals surface area contributed by atoms with Crippen molar-refractivity contribution in [2.24, 2.45) is 0 Å². The van der Waals surface area contributed by atoms with Gasteiger partial charge in [-0.3, -0.25) is 4.79 Å². The summed E-state index contributed by atoms with van der Waals surface area (Å²) < 4.78 is 0. The molecule has 124 valence electrons. The van der Waals surface area contributed by atoms with E-state index in [1.807, 2.05) is 56.4 Å². The molecule has 0 aromatic carbocycles. The molecule has 0 aliphatic rings. The first kappa shape index (κ1) is 16.3. The zero-order valence-corrected chi connectivity index (χ0v) is 14.9. The van der Waals surface area contributed by atoms with E-state index in [1.54, 1.807) is 11.3 Å². The van der Waals surface area contributed by atoms with Crippen LogP contribution in [0.5, 0.6) is 0 Å². The Kier molecular flexibility index (Phi) is 4.44. The van der Waals surface area contributed by atoms with Crippen LogP contribution in [0.3, 0.4) is 0 Å². The van der Waals surface area contributed by atoms with Gasteiger partial charge in [-0.05, 0) is 36.9 Å². The van der Waals surface area contributed by atoms with Crippen molar-refractivity contribution in [3.63, 3.8) is 0 Å². The fourth-order valence-corrected chi connectivity index (χ4v) is 3.19. The maximum absolute atomic E-state index is 12.5. The number of carbonyl (C=O) groups is 1. The first-order chi connectivity index (χ1) is 11.5. The zero-order valence-electron chi connectivity index (χ0n) is 14.1. The van der Waals surface area contributed by atoms with Gasteiger partial charge in [0.25, 0.3) is 5.91 Å². The minimum absolute atomic E-state index is 0.139. The Labute approximate surface area is 144 Å². The van der Waals surface area contributed by atoms with Crippen LogP contribution in [-0.2, 0) is 6.54 Å². The Bertz CT molecular complexity index is 890. The monoisotopic (exact) mass is 341 g/mol. The number of aromatic nitrogens is 3. The van der Waals surface area contributed by atoms with Crippen LogP contribution in [0.1, 0.15) is 26.8 Å². The number of amides is 1. The number of nitrogens with one attached hydrogen (secondary N) is 1. The minimum Gasteiger partial charge on any atom is -0.362 e. The van der Waals surface area contributed by atoms with E-state index in [2.05, 4.69) is 20.3 Å². The van der Waals surface area contributed by atoms with Crippen LogP contribution in [0.2, 0.25) is 0 Å². The first-order valence-electron chi connectivity index (χ1n) is 7.59. The number of carbonyl (C=O) groups excluding carboxylic acids is 1. The van der Waals surface area contributed by atoms with Crippen LogP contribution in [0, 0.1) is 13.8 Å². The molecule has 0 radical (unpaired) electrons. The van der Waals surface area contributed by atoms with Gasteiger partial charge in [0, 0.05) is 24.7 Å².